The Morgan fingerprint density at radius 3 is 2.31 bits per heavy atom. The Kier molecular flexibility index (Phi) is 6.59. The molecule has 7 nitrogen and oxygen atoms in total. The summed E-state index contributed by atoms with van der Waals surface area (Å²) in [7, 11) is 1.27. The number of hydrogen-bond donors (Lipinski definition) is 2. The zero-order valence-electron chi connectivity index (χ0n) is 15.5. The Morgan fingerprint density at radius 1 is 0.897 bits per heavy atom. The van der Waals surface area contributed by atoms with Crippen LogP contribution in [0.1, 0.15) is 20.0 Å². The SMILES string of the molecule is COC(=O)COc1cccc(C(=O)Nc2cccc(NC(=O)c3cccs3)c2)c1. The first kappa shape index (κ1) is 20.1. The highest BCUT2D eigenvalue weighted by Gasteiger charge is 2.10. The highest BCUT2D eigenvalue weighted by molar-refractivity contribution is 7.12. The van der Waals surface area contributed by atoms with Crippen molar-refractivity contribution < 1.29 is 23.9 Å². The van der Waals surface area contributed by atoms with Gasteiger partial charge in [-0.25, -0.2) is 4.79 Å². The molecule has 0 saturated heterocycles. The smallest absolute Gasteiger partial charge is 0.343 e. The summed E-state index contributed by atoms with van der Waals surface area (Å²) in [6.45, 7) is -0.243. The molecule has 2 aromatic carbocycles. The first-order chi connectivity index (χ1) is 14.0. The van der Waals surface area contributed by atoms with Crippen molar-refractivity contribution in [3.8, 4) is 5.75 Å². The van der Waals surface area contributed by atoms with Crippen LogP contribution >= 0.6 is 11.3 Å². The average molecular weight is 410 g/mol. The molecule has 0 saturated carbocycles. The highest BCUT2D eigenvalue weighted by atomic mass is 32.1. The zero-order valence-corrected chi connectivity index (χ0v) is 16.3. The molecule has 3 rings (SSSR count). The molecule has 2 amide bonds. The lowest BCUT2D eigenvalue weighted by Crippen LogP contribution is -2.14. The summed E-state index contributed by atoms with van der Waals surface area (Å²) in [6, 6.07) is 16.8. The van der Waals surface area contributed by atoms with E-state index < -0.39 is 5.97 Å². The topological polar surface area (TPSA) is 93.7 Å². The van der Waals surface area contributed by atoms with E-state index in [9.17, 15) is 14.4 Å². The van der Waals surface area contributed by atoms with Gasteiger partial charge < -0.3 is 20.1 Å². The Morgan fingerprint density at radius 2 is 1.62 bits per heavy atom. The summed E-state index contributed by atoms with van der Waals surface area (Å²) in [4.78, 5) is 36.5. The zero-order chi connectivity index (χ0) is 20.6. The molecule has 29 heavy (non-hydrogen) atoms. The van der Waals surface area contributed by atoms with Crippen LogP contribution < -0.4 is 15.4 Å². The molecule has 0 aliphatic carbocycles. The number of anilines is 2. The highest BCUT2D eigenvalue weighted by Crippen LogP contribution is 2.19. The van der Waals surface area contributed by atoms with Crippen molar-refractivity contribution in [1.29, 1.82) is 0 Å². The molecule has 1 aromatic heterocycles. The van der Waals surface area contributed by atoms with Gasteiger partial charge in [-0.3, -0.25) is 9.59 Å². The Balaban J connectivity index is 1.65. The molecular formula is C21H18N2O5S. The molecule has 0 unspecified atom stereocenters. The van der Waals surface area contributed by atoms with E-state index in [2.05, 4.69) is 15.4 Å². The molecule has 148 valence electrons. The number of carbonyl (C=O) groups excluding carboxylic acids is 3. The number of thiophene rings is 1. The van der Waals surface area contributed by atoms with Crippen molar-refractivity contribution in [2.75, 3.05) is 24.4 Å². The van der Waals surface area contributed by atoms with Gasteiger partial charge in [0, 0.05) is 16.9 Å². The summed E-state index contributed by atoms with van der Waals surface area (Å²) in [5, 5.41) is 7.40. The van der Waals surface area contributed by atoms with Gasteiger partial charge in [0.1, 0.15) is 5.75 Å². The van der Waals surface area contributed by atoms with Crippen LogP contribution in [0.2, 0.25) is 0 Å². The fourth-order valence-corrected chi connectivity index (χ4v) is 3.03. The fourth-order valence-electron chi connectivity index (χ4n) is 2.41. The van der Waals surface area contributed by atoms with Gasteiger partial charge in [-0.05, 0) is 47.8 Å². The van der Waals surface area contributed by atoms with E-state index in [-0.39, 0.29) is 18.4 Å². The molecule has 0 atom stereocenters. The van der Waals surface area contributed by atoms with Crippen molar-refractivity contribution in [3.05, 3.63) is 76.5 Å². The summed E-state index contributed by atoms with van der Waals surface area (Å²) < 4.78 is 9.82. The van der Waals surface area contributed by atoms with Crippen molar-refractivity contribution >= 4 is 40.5 Å². The number of methoxy groups -OCH3 is 1. The normalized spacial score (nSPS) is 10.1. The lowest BCUT2D eigenvalue weighted by molar-refractivity contribution is -0.142. The number of benzene rings is 2. The van der Waals surface area contributed by atoms with E-state index >= 15 is 0 Å². The molecule has 0 spiro atoms. The van der Waals surface area contributed by atoms with Crippen LogP contribution in [-0.2, 0) is 9.53 Å². The molecule has 0 aliphatic rings. The van der Waals surface area contributed by atoms with Gasteiger partial charge in [0.25, 0.3) is 11.8 Å². The molecule has 3 aromatic rings. The van der Waals surface area contributed by atoms with Crippen LogP contribution in [0.15, 0.2) is 66.0 Å². The molecule has 0 radical (unpaired) electrons. The van der Waals surface area contributed by atoms with Gasteiger partial charge in [0.15, 0.2) is 6.61 Å². The molecule has 1 heterocycles. The van der Waals surface area contributed by atoms with Crippen molar-refractivity contribution in [3.63, 3.8) is 0 Å². The number of rotatable bonds is 7. The van der Waals surface area contributed by atoms with Gasteiger partial charge in [-0.15, -0.1) is 11.3 Å². The van der Waals surface area contributed by atoms with Crippen LogP contribution in [-0.4, -0.2) is 31.5 Å². The summed E-state index contributed by atoms with van der Waals surface area (Å²) in [5.41, 5.74) is 1.46. The maximum atomic E-state index is 12.5. The van der Waals surface area contributed by atoms with Crippen LogP contribution in [0.3, 0.4) is 0 Å². The second-order valence-corrected chi connectivity index (χ2v) is 6.81. The van der Waals surface area contributed by atoms with Crippen LogP contribution in [0.25, 0.3) is 0 Å². The van der Waals surface area contributed by atoms with E-state index in [1.807, 2.05) is 5.38 Å². The van der Waals surface area contributed by atoms with Crippen molar-refractivity contribution in [1.82, 2.24) is 0 Å². The van der Waals surface area contributed by atoms with Crippen LogP contribution in [0.5, 0.6) is 5.75 Å². The van der Waals surface area contributed by atoms with E-state index in [4.69, 9.17) is 4.74 Å². The van der Waals surface area contributed by atoms with Gasteiger partial charge in [-0.1, -0.05) is 18.2 Å². The van der Waals surface area contributed by atoms with Crippen LogP contribution in [0.4, 0.5) is 11.4 Å². The number of ether oxygens (including phenoxy) is 2. The van der Waals surface area contributed by atoms with Gasteiger partial charge >= 0.3 is 5.97 Å². The third kappa shape index (κ3) is 5.66. The predicted molar refractivity (Wildman–Crippen MR) is 111 cm³/mol. The summed E-state index contributed by atoms with van der Waals surface area (Å²) in [6.07, 6.45) is 0. The molecule has 0 aliphatic heterocycles. The number of hydrogen-bond acceptors (Lipinski definition) is 6. The lowest BCUT2D eigenvalue weighted by Gasteiger charge is -2.10. The maximum Gasteiger partial charge on any atom is 0.343 e. The monoisotopic (exact) mass is 410 g/mol. The van der Waals surface area contributed by atoms with E-state index in [0.29, 0.717) is 27.6 Å². The van der Waals surface area contributed by atoms with Gasteiger partial charge in [0.05, 0.1) is 12.0 Å². The second-order valence-electron chi connectivity index (χ2n) is 5.86. The number of esters is 1. The standard InChI is InChI=1S/C21H18N2O5S/c1-27-19(24)13-28-17-8-2-5-14(11-17)20(25)22-15-6-3-7-16(12-15)23-21(26)18-9-4-10-29-18/h2-12H,13H2,1H3,(H,22,25)(H,23,26). The molecule has 8 heteroatoms. The average Bonchev–Trinajstić information content (AvgIpc) is 3.27. The molecular weight excluding hydrogens is 392 g/mol. The number of nitrogens with one attached hydrogen (secondary N) is 2. The Labute approximate surface area is 171 Å². The third-order valence-corrected chi connectivity index (χ3v) is 4.67. The van der Waals surface area contributed by atoms with Crippen LogP contribution in [0, 0.1) is 0 Å². The largest absolute Gasteiger partial charge is 0.482 e. The fraction of sp³-hybridized carbons (Fsp3) is 0.0952. The molecule has 0 fully saturated rings. The lowest BCUT2D eigenvalue weighted by atomic mass is 10.2. The minimum atomic E-state index is -0.513. The molecule has 0 bridgehead atoms. The van der Waals surface area contributed by atoms with Gasteiger partial charge in [-0.2, -0.15) is 0 Å². The van der Waals surface area contributed by atoms with Crippen molar-refractivity contribution in [2.45, 2.75) is 0 Å². The number of amides is 2. The third-order valence-electron chi connectivity index (χ3n) is 3.80. The summed E-state index contributed by atoms with van der Waals surface area (Å²) >= 11 is 1.35. The minimum absolute atomic E-state index is 0.209. The van der Waals surface area contributed by atoms with E-state index in [1.54, 1.807) is 54.6 Å². The molecule has 2 N–H and O–H groups in total. The predicted octanol–water partition coefficient (Wildman–Crippen LogP) is 3.80. The Bertz CT molecular complexity index is 1020. The second kappa shape index (κ2) is 9.52. The minimum Gasteiger partial charge on any atom is -0.482 e. The first-order valence-corrected chi connectivity index (χ1v) is 9.49. The summed E-state index contributed by atoms with van der Waals surface area (Å²) in [5.74, 6) is -0.699. The number of carbonyl (C=O) groups is 3. The quantitative estimate of drug-likeness (QED) is 0.578. The first-order valence-electron chi connectivity index (χ1n) is 8.61. The maximum absolute atomic E-state index is 12.5. The van der Waals surface area contributed by atoms with Gasteiger partial charge in [0.2, 0.25) is 0 Å². The Hall–Kier alpha value is -3.65. The van der Waals surface area contributed by atoms with E-state index in [1.165, 1.54) is 24.5 Å². The van der Waals surface area contributed by atoms with Crippen molar-refractivity contribution in [2.24, 2.45) is 0 Å². The van der Waals surface area contributed by atoms with E-state index in [0.717, 1.165) is 0 Å².